The highest BCUT2D eigenvalue weighted by Crippen LogP contribution is 2.15. The molecule has 1 aliphatic rings. The lowest BCUT2D eigenvalue weighted by Crippen LogP contribution is -2.44. The summed E-state index contributed by atoms with van der Waals surface area (Å²) < 4.78 is 27.1. The fourth-order valence-electron chi connectivity index (χ4n) is 2.52. The molecule has 1 aliphatic heterocycles. The van der Waals surface area contributed by atoms with Gasteiger partial charge in [0.2, 0.25) is 5.91 Å². The third-order valence-corrected chi connectivity index (χ3v) is 3.63. The Bertz CT molecular complexity index is 453. The summed E-state index contributed by atoms with van der Waals surface area (Å²) in [5, 5.41) is 6.02. The van der Waals surface area contributed by atoms with Crippen LogP contribution < -0.4 is 10.6 Å². The standard InChI is InChI=1S/C15H20F2N2O/c1-10(8-12-13(16)5-2-6-14(12)17)19-15(20)11-4-3-7-18-9-11/h2,5-6,10-11,18H,3-4,7-9H2,1H3,(H,19,20). The van der Waals surface area contributed by atoms with Crippen molar-refractivity contribution in [2.24, 2.45) is 5.92 Å². The van der Waals surface area contributed by atoms with Crippen LogP contribution in [-0.2, 0) is 11.2 Å². The van der Waals surface area contributed by atoms with Gasteiger partial charge in [0, 0.05) is 18.2 Å². The van der Waals surface area contributed by atoms with Gasteiger partial charge in [0.1, 0.15) is 11.6 Å². The molecule has 2 rings (SSSR count). The largest absolute Gasteiger partial charge is 0.353 e. The predicted octanol–water partition coefficient (Wildman–Crippen LogP) is 2.01. The maximum atomic E-state index is 13.5. The second-order valence-electron chi connectivity index (χ2n) is 5.36. The Morgan fingerprint density at radius 2 is 2.15 bits per heavy atom. The van der Waals surface area contributed by atoms with Crippen molar-refractivity contribution < 1.29 is 13.6 Å². The van der Waals surface area contributed by atoms with Crippen LogP contribution in [0.15, 0.2) is 18.2 Å². The van der Waals surface area contributed by atoms with Crippen LogP contribution in [0.2, 0.25) is 0 Å². The first-order valence-corrected chi connectivity index (χ1v) is 7.02. The number of benzene rings is 1. The van der Waals surface area contributed by atoms with Gasteiger partial charge >= 0.3 is 0 Å². The smallest absolute Gasteiger partial charge is 0.224 e. The van der Waals surface area contributed by atoms with Gasteiger partial charge in [-0.2, -0.15) is 0 Å². The summed E-state index contributed by atoms with van der Waals surface area (Å²) in [5.74, 6) is -1.21. The van der Waals surface area contributed by atoms with E-state index in [0.717, 1.165) is 19.4 Å². The van der Waals surface area contributed by atoms with E-state index in [4.69, 9.17) is 0 Å². The molecule has 1 saturated heterocycles. The Labute approximate surface area is 117 Å². The van der Waals surface area contributed by atoms with Gasteiger partial charge in [-0.3, -0.25) is 4.79 Å². The van der Waals surface area contributed by atoms with Gasteiger partial charge in [-0.15, -0.1) is 0 Å². The van der Waals surface area contributed by atoms with E-state index in [1.54, 1.807) is 6.92 Å². The molecule has 0 aromatic heterocycles. The fourth-order valence-corrected chi connectivity index (χ4v) is 2.52. The summed E-state index contributed by atoms with van der Waals surface area (Å²) >= 11 is 0. The minimum Gasteiger partial charge on any atom is -0.353 e. The van der Waals surface area contributed by atoms with Crippen LogP contribution >= 0.6 is 0 Å². The molecule has 1 heterocycles. The van der Waals surface area contributed by atoms with Crippen molar-refractivity contribution in [1.29, 1.82) is 0 Å². The molecule has 3 nitrogen and oxygen atoms in total. The second kappa shape index (κ2) is 6.79. The number of carbonyl (C=O) groups is 1. The summed E-state index contributed by atoms with van der Waals surface area (Å²) in [5.41, 5.74) is 0.0297. The van der Waals surface area contributed by atoms with Gasteiger partial charge in [0.15, 0.2) is 0 Å². The Hall–Kier alpha value is -1.49. The van der Waals surface area contributed by atoms with Gasteiger partial charge in [-0.05, 0) is 44.9 Å². The van der Waals surface area contributed by atoms with E-state index in [2.05, 4.69) is 10.6 Å². The number of hydrogen-bond donors (Lipinski definition) is 2. The molecule has 0 radical (unpaired) electrons. The molecule has 1 aromatic carbocycles. The first-order valence-electron chi connectivity index (χ1n) is 7.02. The van der Waals surface area contributed by atoms with Crippen molar-refractivity contribution in [2.45, 2.75) is 32.2 Å². The zero-order valence-electron chi connectivity index (χ0n) is 11.6. The summed E-state index contributed by atoms with van der Waals surface area (Å²) in [6.07, 6.45) is 2.00. The summed E-state index contributed by atoms with van der Waals surface area (Å²) in [7, 11) is 0. The average molecular weight is 282 g/mol. The van der Waals surface area contributed by atoms with Crippen LogP contribution in [0.25, 0.3) is 0 Å². The zero-order valence-corrected chi connectivity index (χ0v) is 11.6. The second-order valence-corrected chi connectivity index (χ2v) is 5.36. The number of nitrogens with one attached hydrogen (secondary N) is 2. The normalized spacial score (nSPS) is 20.4. The SMILES string of the molecule is CC(Cc1c(F)cccc1F)NC(=O)C1CCCNC1. The molecular weight excluding hydrogens is 262 g/mol. The van der Waals surface area contributed by atoms with Crippen molar-refractivity contribution in [1.82, 2.24) is 10.6 Å². The molecule has 1 aromatic rings. The van der Waals surface area contributed by atoms with Crippen molar-refractivity contribution in [3.05, 3.63) is 35.4 Å². The molecule has 0 saturated carbocycles. The third-order valence-electron chi connectivity index (χ3n) is 3.63. The number of hydrogen-bond acceptors (Lipinski definition) is 2. The van der Waals surface area contributed by atoms with Crippen LogP contribution in [0.5, 0.6) is 0 Å². The molecule has 20 heavy (non-hydrogen) atoms. The lowest BCUT2D eigenvalue weighted by atomic mass is 9.98. The van der Waals surface area contributed by atoms with Crippen molar-refractivity contribution in [2.75, 3.05) is 13.1 Å². The molecule has 2 unspecified atom stereocenters. The lowest BCUT2D eigenvalue weighted by molar-refractivity contribution is -0.126. The fraction of sp³-hybridized carbons (Fsp3) is 0.533. The van der Waals surface area contributed by atoms with Crippen LogP contribution in [0.3, 0.4) is 0 Å². The number of carbonyl (C=O) groups excluding carboxylic acids is 1. The topological polar surface area (TPSA) is 41.1 Å². The van der Waals surface area contributed by atoms with E-state index in [0.29, 0.717) is 6.54 Å². The van der Waals surface area contributed by atoms with E-state index in [-0.39, 0.29) is 29.9 Å². The Morgan fingerprint density at radius 1 is 1.45 bits per heavy atom. The Balaban J connectivity index is 1.91. The molecule has 0 spiro atoms. The molecule has 2 atom stereocenters. The predicted molar refractivity (Wildman–Crippen MR) is 73.3 cm³/mol. The van der Waals surface area contributed by atoms with E-state index in [9.17, 15) is 13.6 Å². The number of piperidine rings is 1. The average Bonchev–Trinajstić information content (AvgIpc) is 2.44. The van der Waals surface area contributed by atoms with Crippen LogP contribution in [0.1, 0.15) is 25.3 Å². The summed E-state index contributed by atoms with van der Waals surface area (Å²) in [6, 6.07) is 3.51. The van der Waals surface area contributed by atoms with E-state index in [1.165, 1.54) is 18.2 Å². The van der Waals surface area contributed by atoms with E-state index >= 15 is 0 Å². The third kappa shape index (κ3) is 3.76. The quantitative estimate of drug-likeness (QED) is 0.887. The first kappa shape index (κ1) is 14.9. The molecule has 5 heteroatoms. The number of amides is 1. The maximum absolute atomic E-state index is 13.5. The zero-order chi connectivity index (χ0) is 14.5. The highest BCUT2D eigenvalue weighted by Gasteiger charge is 2.22. The summed E-state index contributed by atoms with van der Waals surface area (Å²) in [4.78, 5) is 12.0. The first-order chi connectivity index (χ1) is 9.58. The van der Waals surface area contributed by atoms with Gasteiger partial charge in [0.05, 0.1) is 5.92 Å². The minimum atomic E-state index is -0.564. The monoisotopic (exact) mass is 282 g/mol. The minimum absolute atomic E-state index is 0.0297. The molecule has 1 amide bonds. The van der Waals surface area contributed by atoms with Crippen LogP contribution in [0.4, 0.5) is 8.78 Å². The van der Waals surface area contributed by atoms with E-state index in [1.807, 2.05) is 0 Å². The van der Waals surface area contributed by atoms with Crippen LogP contribution in [-0.4, -0.2) is 25.0 Å². The van der Waals surface area contributed by atoms with Gasteiger partial charge in [-0.25, -0.2) is 8.78 Å². The molecule has 0 bridgehead atoms. The van der Waals surface area contributed by atoms with Crippen LogP contribution in [0, 0.1) is 17.6 Å². The van der Waals surface area contributed by atoms with Gasteiger partial charge < -0.3 is 10.6 Å². The molecule has 0 aliphatic carbocycles. The molecule has 110 valence electrons. The van der Waals surface area contributed by atoms with E-state index < -0.39 is 11.6 Å². The van der Waals surface area contributed by atoms with Crippen molar-refractivity contribution >= 4 is 5.91 Å². The van der Waals surface area contributed by atoms with Gasteiger partial charge in [0.25, 0.3) is 0 Å². The number of rotatable bonds is 4. The Morgan fingerprint density at radius 3 is 2.75 bits per heavy atom. The molecule has 1 fully saturated rings. The Kier molecular flexibility index (Phi) is 5.06. The molecule has 2 N–H and O–H groups in total. The highest BCUT2D eigenvalue weighted by atomic mass is 19.1. The summed E-state index contributed by atoms with van der Waals surface area (Å²) in [6.45, 7) is 3.38. The number of halogens is 2. The van der Waals surface area contributed by atoms with Crippen molar-refractivity contribution in [3.8, 4) is 0 Å². The van der Waals surface area contributed by atoms with Gasteiger partial charge in [-0.1, -0.05) is 6.07 Å². The lowest BCUT2D eigenvalue weighted by Gasteiger charge is -2.24. The molecular formula is C15H20F2N2O. The highest BCUT2D eigenvalue weighted by molar-refractivity contribution is 5.79. The van der Waals surface area contributed by atoms with Crippen molar-refractivity contribution in [3.63, 3.8) is 0 Å². The maximum Gasteiger partial charge on any atom is 0.224 e.